The summed E-state index contributed by atoms with van der Waals surface area (Å²) in [6.45, 7) is 9.93. The number of ether oxygens (including phenoxy) is 1. The molecular weight excluding hydrogens is 258 g/mol. The van der Waals surface area contributed by atoms with E-state index in [1.54, 1.807) is 0 Å². The molecule has 2 rings (SSSR count). The highest BCUT2D eigenvalue weighted by Gasteiger charge is 2.42. The van der Waals surface area contributed by atoms with Gasteiger partial charge in [0.05, 0.1) is 11.6 Å². The first kappa shape index (κ1) is 16.5. The summed E-state index contributed by atoms with van der Waals surface area (Å²) in [5, 5.41) is 3.67. The molecule has 2 nitrogen and oxygen atoms in total. The molecule has 1 atom stereocenters. The molecule has 1 N–H and O–H groups in total. The van der Waals surface area contributed by atoms with Crippen molar-refractivity contribution >= 4 is 0 Å². The largest absolute Gasteiger partial charge is 0.376 e. The van der Waals surface area contributed by atoms with Crippen molar-refractivity contribution in [2.45, 2.75) is 70.4 Å². The quantitative estimate of drug-likeness (QED) is 0.855. The second kappa shape index (κ2) is 6.50. The monoisotopic (exact) mass is 289 g/mol. The normalized spacial score (nSPS) is 19.7. The van der Waals surface area contributed by atoms with Crippen molar-refractivity contribution in [3.8, 4) is 0 Å². The zero-order valence-corrected chi connectivity index (χ0v) is 14.3. The Morgan fingerprint density at radius 3 is 2.14 bits per heavy atom. The van der Waals surface area contributed by atoms with Crippen LogP contribution in [0.5, 0.6) is 0 Å². The molecular formula is C19H31NO. The van der Waals surface area contributed by atoms with Crippen molar-refractivity contribution in [3.63, 3.8) is 0 Å². The number of nitrogens with one attached hydrogen (secondary N) is 1. The zero-order chi connectivity index (χ0) is 15.5. The fraction of sp³-hybridized carbons (Fsp3) is 0.684. The van der Waals surface area contributed by atoms with E-state index in [-0.39, 0.29) is 11.0 Å². The van der Waals surface area contributed by atoms with E-state index < -0.39 is 0 Å². The molecule has 1 unspecified atom stereocenters. The first-order valence-electron chi connectivity index (χ1n) is 8.32. The molecule has 1 aromatic carbocycles. The predicted molar refractivity (Wildman–Crippen MR) is 89.8 cm³/mol. The molecule has 1 aliphatic rings. The van der Waals surface area contributed by atoms with E-state index in [1.807, 2.05) is 7.11 Å². The van der Waals surface area contributed by atoms with Gasteiger partial charge in [0.15, 0.2) is 0 Å². The van der Waals surface area contributed by atoms with Gasteiger partial charge in [-0.3, -0.25) is 0 Å². The number of hydrogen-bond acceptors (Lipinski definition) is 2. The molecule has 1 saturated carbocycles. The first-order chi connectivity index (χ1) is 9.93. The van der Waals surface area contributed by atoms with Crippen LogP contribution in [0.3, 0.4) is 0 Å². The third-order valence-electron chi connectivity index (χ3n) is 4.90. The SMILES string of the molecule is CCNC(c1ccc(C(C)(C)C)cc1)C1(OC)CCCC1. The van der Waals surface area contributed by atoms with Crippen molar-refractivity contribution in [2.75, 3.05) is 13.7 Å². The van der Waals surface area contributed by atoms with Crippen LogP contribution in [-0.4, -0.2) is 19.3 Å². The van der Waals surface area contributed by atoms with Gasteiger partial charge in [-0.2, -0.15) is 0 Å². The molecule has 1 aliphatic carbocycles. The summed E-state index contributed by atoms with van der Waals surface area (Å²) < 4.78 is 6.00. The van der Waals surface area contributed by atoms with Gasteiger partial charge in [0, 0.05) is 7.11 Å². The molecule has 0 heterocycles. The molecule has 1 fully saturated rings. The van der Waals surface area contributed by atoms with Crippen LogP contribution in [0.25, 0.3) is 0 Å². The lowest BCUT2D eigenvalue weighted by molar-refractivity contribution is -0.0364. The summed E-state index contributed by atoms with van der Waals surface area (Å²) in [5.74, 6) is 0. The summed E-state index contributed by atoms with van der Waals surface area (Å²) in [4.78, 5) is 0. The molecule has 0 spiro atoms. The van der Waals surface area contributed by atoms with Crippen LogP contribution >= 0.6 is 0 Å². The summed E-state index contributed by atoms with van der Waals surface area (Å²) in [7, 11) is 1.87. The van der Waals surface area contributed by atoms with Gasteiger partial charge in [-0.05, 0) is 35.9 Å². The van der Waals surface area contributed by atoms with Crippen molar-refractivity contribution < 1.29 is 4.74 Å². The molecule has 0 aliphatic heterocycles. The van der Waals surface area contributed by atoms with E-state index in [9.17, 15) is 0 Å². The standard InChI is InChI=1S/C19H31NO/c1-6-20-17(19(21-5)13-7-8-14-19)15-9-11-16(12-10-15)18(2,3)4/h9-12,17,20H,6-8,13-14H2,1-5H3. The van der Waals surface area contributed by atoms with Gasteiger partial charge in [0.25, 0.3) is 0 Å². The second-order valence-electron chi connectivity index (χ2n) is 7.34. The predicted octanol–water partition coefficient (Wildman–Crippen LogP) is 4.59. The van der Waals surface area contributed by atoms with E-state index in [0.29, 0.717) is 6.04 Å². The summed E-state index contributed by atoms with van der Waals surface area (Å²) in [6, 6.07) is 9.42. The van der Waals surface area contributed by atoms with Gasteiger partial charge in [-0.15, -0.1) is 0 Å². The Morgan fingerprint density at radius 2 is 1.71 bits per heavy atom. The van der Waals surface area contributed by atoms with Gasteiger partial charge in [0.2, 0.25) is 0 Å². The molecule has 0 saturated heterocycles. The van der Waals surface area contributed by atoms with Gasteiger partial charge < -0.3 is 10.1 Å². The lowest BCUT2D eigenvalue weighted by Gasteiger charge is -2.37. The van der Waals surface area contributed by atoms with Crippen LogP contribution in [0.2, 0.25) is 0 Å². The van der Waals surface area contributed by atoms with E-state index in [4.69, 9.17) is 4.74 Å². The topological polar surface area (TPSA) is 21.3 Å². The highest BCUT2D eigenvalue weighted by molar-refractivity contribution is 5.31. The van der Waals surface area contributed by atoms with E-state index in [2.05, 4.69) is 57.3 Å². The average molecular weight is 289 g/mol. The summed E-state index contributed by atoms with van der Waals surface area (Å²) in [5.41, 5.74) is 2.92. The Hall–Kier alpha value is -0.860. The molecule has 0 bridgehead atoms. The Morgan fingerprint density at radius 1 is 1.14 bits per heavy atom. The Bertz CT molecular complexity index is 438. The average Bonchev–Trinajstić information content (AvgIpc) is 2.94. The summed E-state index contributed by atoms with van der Waals surface area (Å²) in [6.07, 6.45) is 4.86. The number of benzene rings is 1. The Labute approximate surface area is 130 Å². The Kier molecular flexibility index (Phi) is 5.11. The van der Waals surface area contributed by atoms with Gasteiger partial charge in [-0.25, -0.2) is 0 Å². The summed E-state index contributed by atoms with van der Waals surface area (Å²) >= 11 is 0. The van der Waals surface area contributed by atoms with Crippen LogP contribution < -0.4 is 5.32 Å². The van der Waals surface area contributed by atoms with Crippen LogP contribution in [0.15, 0.2) is 24.3 Å². The fourth-order valence-corrected chi connectivity index (χ4v) is 3.57. The number of likely N-dealkylation sites (N-methyl/N-ethyl adjacent to an activating group) is 1. The van der Waals surface area contributed by atoms with E-state index >= 15 is 0 Å². The van der Waals surface area contributed by atoms with Crippen molar-refractivity contribution in [2.24, 2.45) is 0 Å². The lowest BCUT2D eigenvalue weighted by atomic mass is 9.83. The molecule has 0 amide bonds. The highest BCUT2D eigenvalue weighted by atomic mass is 16.5. The van der Waals surface area contributed by atoms with Gasteiger partial charge in [-0.1, -0.05) is 64.8 Å². The third kappa shape index (κ3) is 3.49. The Balaban J connectivity index is 2.30. The van der Waals surface area contributed by atoms with Crippen LogP contribution in [0.4, 0.5) is 0 Å². The lowest BCUT2D eigenvalue weighted by Crippen LogP contribution is -2.43. The van der Waals surface area contributed by atoms with E-state index in [0.717, 1.165) is 19.4 Å². The fourth-order valence-electron chi connectivity index (χ4n) is 3.57. The maximum Gasteiger partial charge on any atom is 0.0872 e. The first-order valence-corrected chi connectivity index (χ1v) is 8.32. The molecule has 1 aromatic rings. The maximum absolute atomic E-state index is 6.00. The third-order valence-corrected chi connectivity index (χ3v) is 4.90. The van der Waals surface area contributed by atoms with E-state index in [1.165, 1.54) is 24.0 Å². The number of rotatable bonds is 5. The molecule has 0 aromatic heterocycles. The zero-order valence-electron chi connectivity index (χ0n) is 14.3. The smallest absolute Gasteiger partial charge is 0.0872 e. The minimum absolute atomic E-state index is 0.0285. The minimum atomic E-state index is -0.0285. The van der Waals surface area contributed by atoms with Gasteiger partial charge in [0.1, 0.15) is 0 Å². The maximum atomic E-state index is 6.00. The van der Waals surface area contributed by atoms with Crippen molar-refractivity contribution in [1.29, 1.82) is 0 Å². The molecule has 21 heavy (non-hydrogen) atoms. The van der Waals surface area contributed by atoms with Crippen LogP contribution in [0.1, 0.15) is 70.5 Å². The number of methoxy groups -OCH3 is 1. The number of hydrogen-bond donors (Lipinski definition) is 1. The van der Waals surface area contributed by atoms with Gasteiger partial charge >= 0.3 is 0 Å². The van der Waals surface area contributed by atoms with Crippen molar-refractivity contribution in [3.05, 3.63) is 35.4 Å². The second-order valence-corrected chi connectivity index (χ2v) is 7.34. The molecule has 118 valence electrons. The minimum Gasteiger partial charge on any atom is -0.376 e. The molecule has 0 radical (unpaired) electrons. The van der Waals surface area contributed by atoms with Crippen LogP contribution in [-0.2, 0) is 10.2 Å². The van der Waals surface area contributed by atoms with Crippen LogP contribution in [0, 0.1) is 0 Å². The highest BCUT2D eigenvalue weighted by Crippen LogP contribution is 2.42. The molecule has 2 heteroatoms. The van der Waals surface area contributed by atoms with Crippen molar-refractivity contribution in [1.82, 2.24) is 5.32 Å².